The summed E-state index contributed by atoms with van der Waals surface area (Å²) in [6, 6.07) is 6.37. The second kappa shape index (κ2) is 4.39. The molecule has 0 spiro atoms. The van der Waals surface area contributed by atoms with Gasteiger partial charge in [0.25, 0.3) is 0 Å². The van der Waals surface area contributed by atoms with Crippen molar-refractivity contribution in [1.82, 2.24) is 10.2 Å². The van der Waals surface area contributed by atoms with Crippen molar-refractivity contribution >= 4 is 5.69 Å². The predicted octanol–water partition coefficient (Wildman–Crippen LogP) is 2.95. The minimum absolute atomic E-state index is 0.782. The normalized spacial score (nSPS) is 10.4. The van der Waals surface area contributed by atoms with Gasteiger partial charge in [0.2, 0.25) is 0 Å². The van der Waals surface area contributed by atoms with E-state index in [1.807, 2.05) is 6.07 Å². The zero-order valence-corrected chi connectivity index (χ0v) is 9.96. The maximum atomic E-state index is 3.93. The molecule has 0 aliphatic heterocycles. The third-order valence-electron chi connectivity index (χ3n) is 2.69. The molecule has 1 aromatic heterocycles. The second-order valence-corrected chi connectivity index (χ2v) is 4.21. The first-order chi connectivity index (χ1) is 7.66. The highest BCUT2D eigenvalue weighted by Crippen LogP contribution is 2.22. The maximum Gasteiger partial charge on any atom is 0.0567 e. The quantitative estimate of drug-likeness (QED) is 0.826. The van der Waals surface area contributed by atoms with Crippen LogP contribution in [0.1, 0.15) is 22.4 Å². The number of benzene rings is 1. The van der Waals surface area contributed by atoms with Crippen molar-refractivity contribution in [3.8, 4) is 0 Å². The molecule has 0 aliphatic rings. The first-order valence-corrected chi connectivity index (χ1v) is 5.47. The van der Waals surface area contributed by atoms with Crippen molar-refractivity contribution in [3.05, 3.63) is 46.8 Å². The van der Waals surface area contributed by atoms with E-state index in [2.05, 4.69) is 48.4 Å². The van der Waals surface area contributed by atoms with Gasteiger partial charge in [0, 0.05) is 11.9 Å². The summed E-state index contributed by atoms with van der Waals surface area (Å²) in [7, 11) is 0. The monoisotopic (exact) mass is 215 g/mol. The van der Waals surface area contributed by atoms with Crippen LogP contribution in [0.4, 0.5) is 5.69 Å². The Labute approximate surface area is 95.9 Å². The lowest BCUT2D eigenvalue weighted by atomic mass is 10.1. The van der Waals surface area contributed by atoms with Gasteiger partial charge in [-0.3, -0.25) is 5.10 Å². The van der Waals surface area contributed by atoms with Crippen LogP contribution in [-0.4, -0.2) is 10.2 Å². The Morgan fingerprint density at radius 2 is 1.88 bits per heavy atom. The van der Waals surface area contributed by atoms with Crippen LogP contribution in [0.5, 0.6) is 0 Å². The van der Waals surface area contributed by atoms with Crippen LogP contribution in [0, 0.1) is 20.8 Å². The van der Waals surface area contributed by atoms with Crippen molar-refractivity contribution in [1.29, 1.82) is 0 Å². The zero-order chi connectivity index (χ0) is 11.5. The molecule has 0 saturated heterocycles. The van der Waals surface area contributed by atoms with Gasteiger partial charge in [0.1, 0.15) is 0 Å². The molecule has 3 nitrogen and oxygen atoms in total. The predicted molar refractivity (Wildman–Crippen MR) is 66.6 cm³/mol. The zero-order valence-electron chi connectivity index (χ0n) is 9.96. The molecule has 0 aliphatic carbocycles. The second-order valence-electron chi connectivity index (χ2n) is 4.21. The smallest absolute Gasteiger partial charge is 0.0567 e. The topological polar surface area (TPSA) is 40.7 Å². The number of anilines is 1. The van der Waals surface area contributed by atoms with Gasteiger partial charge in [-0.1, -0.05) is 17.7 Å². The molecule has 0 atom stereocenters. The van der Waals surface area contributed by atoms with Crippen LogP contribution in [0.15, 0.2) is 24.4 Å². The first kappa shape index (κ1) is 10.7. The first-order valence-electron chi connectivity index (χ1n) is 5.47. The Morgan fingerprint density at radius 3 is 2.44 bits per heavy atom. The average molecular weight is 215 g/mol. The summed E-state index contributed by atoms with van der Waals surface area (Å²) in [6.45, 7) is 7.17. The summed E-state index contributed by atoms with van der Waals surface area (Å²) in [6.07, 6.45) is 1.77. The lowest BCUT2D eigenvalue weighted by Crippen LogP contribution is -2.03. The lowest BCUT2D eigenvalue weighted by molar-refractivity contribution is 0.978. The van der Waals surface area contributed by atoms with Gasteiger partial charge in [0.15, 0.2) is 0 Å². The van der Waals surface area contributed by atoms with Crippen LogP contribution in [0.2, 0.25) is 0 Å². The van der Waals surface area contributed by atoms with Crippen molar-refractivity contribution in [2.24, 2.45) is 0 Å². The molecule has 16 heavy (non-hydrogen) atoms. The number of hydrogen-bond donors (Lipinski definition) is 2. The molecular formula is C13H17N3. The molecule has 3 heteroatoms. The van der Waals surface area contributed by atoms with E-state index < -0.39 is 0 Å². The SMILES string of the molecule is Cc1cc(C)c(NCc2ccn[nH]2)c(C)c1. The lowest BCUT2D eigenvalue weighted by Gasteiger charge is -2.13. The van der Waals surface area contributed by atoms with E-state index in [1.165, 1.54) is 22.4 Å². The average Bonchev–Trinajstić information content (AvgIpc) is 2.68. The Bertz CT molecular complexity index is 449. The van der Waals surface area contributed by atoms with E-state index in [0.29, 0.717) is 0 Å². The third-order valence-corrected chi connectivity index (χ3v) is 2.69. The fourth-order valence-electron chi connectivity index (χ4n) is 2.03. The number of aromatic amines is 1. The summed E-state index contributed by atoms with van der Waals surface area (Å²) in [4.78, 5) is 0. The molecule has 0 unspecified atom stereocenters. The maximum absolute atomic E-state index is 3.93. The summed E-state index contributed by atoms with van der Waals surface area (Å²) in [5.41, 5.74) is 6.20. The Morgan fingerprint density at radius 1 is 1.19 bits per heavy atom. The molecule has 2 aromatic rings. The summed E-state index contributed by atoms with van der Waals surface area (Å²) >= 11 is 0. The molecular weight excluding hydrogens is 198 g/mol. The highest BCUT2D eigenvalue weighted by molar-refractivity contribution is 5.58. The number of aromatic nitrogens is 2. The minimum Gasteiger partial charge on any atom is -0.379 e. The van der Waals surface area contributed by atoms with Crippen LogP contribution in [0.3, 0.4) is 0 Å². The highest BCUT2D eigenvalue weighted by Gasteiger charge is 2.03. The molecule has 2 N–H and O–H groups in total. The number of H-pyrrole nitrogens is 1. The molecule has 0 bridgehead atoms. The van der Waals surface area contributed by atoms with Crippen LogP contribution >= 0.6 is 0 Å². The molecule has 0 fully saturated rings. The van der Waals surface area contributed by atoms with Gasteiger partial charge in [-0.2, -0.15) is 5.10 Å². The van der Waals surface area contributed by atoms with Crippen molar-refractivity contribution in [2.75, 3.05) is 5.32 Å². The molecule has 0 saturated carbocycles. The molecule has 0 radical (unpaired) electrons. The van der Waals surface area contributed by atoms with E-state index in [1.54, 1.807) is 6.20 Å². The Balaban J connectivity index is 2.15. The molecule has 84 valence electrons. The molecule has 2 rings (SSSR count). The number of hydrogen-bond acceptors (Lipinski definition) is 2. The van der Waals surface area contributed by atoms with E-state index in [9.17, 15) is 0 Å². The van der Waals surface area contributed by atoms with Crippen molar-refractivity contribution in [3.63, 3.8) is 0 Å². The minimum atomic E-state index is 0.782. The standard InChI is InChI=1S/C13H17N3/c1-9-6-10(2)13(11(3)7-9)14-8-12-4-5-15-16-12/h4-7,14H,8H2,1-3H3,(H,15,16). The van der Waals surface area contributed by atoms with E-state index in [0.717, 1.165) is 12.2 Å². The van der Waals surface area contributed by atoms with Crippen molar-refractivity contribution in [2.45, 2.75) is 27.3 Å². The van der Waals surface area contributed by atoms with Gasteiger partial charge in [-0.15, -0.1) is 0 Å². The van der Waals surface area contributed by atoms with Crippen LogP contribution in [0.25, 0.3) is 0 Å². The van der Waals surface area contributed by atoms with E-state index in [-0.39, 0.29) is 0 Å². The van der Waals surface area contributed by atoms with Crippen LogP contribution < -0.4 is 5.32 Å². The third kappa shape index (κ3) is 2.24. The Hall–Kier alpha value is -1.77. The van der Waals surface area contributed by atoms with Gasteiger partial charge in [-0.05, 0) is 38.0 Å². The van der Waals surface area contributed by atoms with Gasteiger partial charge >= 0.3 is 0 Å². The summed E-state index contributed by atoms with van der Waals surface area (Å²) in [5, 5.41) is 10.3. The number of nitrogens with one attached hydrogen (secondary N) is 2. The number of nitrogens with zero attached hydrogens (tertiary/aromatic N) is 1. The Kier molecular flexibility index (Phi) is 2.95. The van der Waals surface area contributed by atoms with Crippen LogP contribution in [-0.2, 0) is 6.54 Å². The number of aryl methyl sites for hydroxylation is 3. The van der Waals surface area contributed by atoms with Gasteiger partial charge in [-0.25, -0.2) is 0 Å². The summed E-state index contributed by atoms with van der Waals surface area (Å²) < 4.78 is 0. The molecule has 1 aromatic carbocycles. The fourth-order valence-corrected chi connectivity index (χ4v) is 2.03. The van der Waals surface area contributed by atoms with E-state index >= 15 is 0 Å². The fraction of sp³-hybridized carbons (Fsp3) is 0.308. The largest absolute Gasteiger partial charge is 0.379 e. The van der Waals surface area contributed by atoms with Crippen molar-refractivity contribution < 1.29 is 0 Å². The highest BCUT2D eigenvalue weighted by atomic mass is 15.1. The molecule has 1 heterocycles. The molecule has 0 amide bonds. The van der Waals surface area contributed by atoms with Gasteiger partial charge in [0.05, 0.1) is 12.2 Å². The summed E-state index contributed by atoms with van der Waals surface area (Å²) in [5.74, 6) is 0. The van der Waals surface area contributed by atoms with E-state index in [4.69, 9.17) is 0 Å². The van der Waals surface area contributed by atoms with Gasteiger partial charge < -0.3 is 5.32 Å². The number of rotatable bonds is 3.